The van der Waals surface area contributed by atoms with Gasteiger partial charge in [-0.25, -0.2) is 34.7 Å². The van der Waals surface area contributed by atoms with Gasteiger partial charge in [0.05, 0.1) is 51.1 Å². The van der Waals surface area contributed by atoms with E-state index in [1.165, 1.54) is 12.1 Å². The van der Waals surface area contributed by atoms with Gasteiger partial charge >= 0.3 is 12.4 Å². The highest BCUT2D eigenvalue weighted by Gasteiger charge is 2.39. The molecule has 0 atom stereocenters. The standard InChI is InChI=1S/C69H39F6N9/c1-76-55-40-61(84-57-29-17-15-27-50(57)52-34-31-46(37-59(52)84)67-81-64(43-22-10-4-11-23-43)78-65(82-67)44-24-12-5-13-25-44)60(39-53(55)48-35-32-47(68(70,71)72)38-54(48)69(73,74)75)83-56-28-16-14-26-49(56)51-33-30-45(36-58(51)83)66-79-62(41-18-6-2-7-19-41)77-63(80-66)42-20-8-3-9-21-42/h2-40H. The third kappa shape index (κ3) is 9.02. The van der Waals surface area contributed by atoms with Gasteiger partial charge < -0.3 is 9.13 Å². The fourth-order valence-corrected chi connectivity index (χ4v) is 11.0. The van der Waals surface area contributed by atoms with Gasteiger partial charge in [0.15, 0.2) is 40.6 Å². The van der Waals surface area contributed by atoms with E-state index in [1.54, 1.807) is 0 Å². The molecule has 0 amide bonds. The monoisotopic (exact) mass is 1110 g/mol. The summed E-state index contributed by atoms with van der Waals surface area (Å²) in [7, 11) is 0. The smallest absolute Gasteiger partial charge is 0.308 e. The number of alkyl halides is 6. The highest BCUT2D eigenvalue weighted by atomic mass is 19.4. The zero-order chi connectivity index (χ0) is 57.3. The third-order valence-electron chi connectivity index (χ3n) is 14.9. The Bertz CT molecular complexity index is 4820. The number of benzene rings is 10. The second-order valence-electron chi connectivity index (χ2n) is 20.0. The fourth-order valence-electron chi connectivity index (χ4n) is 11.0. The summed E-state index contributed by atoms with van der Waals surface area (Å²) in [5, 5.41) is 3.14. The first kappa shape index (κ1) is 51.1. The maximum absolute atomic E-state index is 15.4. The van der Waals surface area contributed by atoms with Crippen LogP contribution in [0.5, 0.6) is 0 Å². The van der Waals surface area contributed by atoms with Crippen LogP contribution < -0.4 is 0 Å². The number of aromatic nitrogens is 8. The van der Waals surface area contributed by atoms with Crippen molar-refractivity contribution in [1.82, 2.24) is 39.0 Å². The van der Waals surface area contributed by atoms with E-state index in [0.29, 0.717) is 85.6 Å². The molecule has 0 unspecified atom stereocenters. The summed E-state index contributed by atoms with van der Waals surface area (Å²) in [6, 6.07) is 69.5. The Morgan fingerprint density at radius 3 is 1.05 bits per heavy atom. The van der Waals surface area contributed by atoms with Crippen LogP contribution in [0.4, 0.5) is 32.0 Å². The first-order chi connectivity index (χ1) is 40.9. The van der Waals surface area contributed by atoms with E-state index in [4.69, 9.17) is 36.5 Å². The van der Waals surface area contributed by atoms with Gasteiger partial charge in [-0.15, -0.1) is 0 Å². The van der Waals surface area contributed by atoms with E-state index in [0.717, 1.165) is 49.9 Å². The van der Waals surface area contributed by atoms with Crippen molar-refractivity contribution in [2.24, 2.45) is 0 Å². The molecule has 4 aromatic heterocycles. The summed E-state index contributed by atoms with van der Waals surface area (Å²) in [5.74, 6) is 2.43. The number of hydrogen-bond donors (Lipinski definition) is 0. The summed E-state index contributed by atoms with van der Waals surface area (Å²) in [6.45, 7) is 8.67. The summed E-state index contributed by atoms with van der Waals surface area (Å²) in [4.78, 5) is 33.8. The molecule has 0 aliphatic heterocycles. The Kier molecular flexibility index (Phi) is 12.3. The van der Waals surface area contributed by atoms with E-state index in [-0.39, 0.29) is 17.3 Å². The number of nitrogens with zero attached hydrogens (tertiary/aromatic N) is 9. The molecule has 0 fully saturated rings. The van der Waals surface area contributed by atoms with Crippen molar-refractivity contribution in [1.29, 1.82) is 0 Å². The van der Waals surface area contributed by atoms with Crippen molar-refractivity contribution in [3.8, 4) is 90.8 Å². The molecule has 9 nitrogen and oxygen atoms in total. The van der Waals surface area contributed by atoms with Gasteiger partial charge in [-0.2, -0.15) is 26.3 Å². The molecule has 0 saturated carbocycles. The van der Waals surface area contributed by atoms with Crippen molar-refractivity contribution in [3.63, 3.8) is 0 Å². The van der Waals surface area contributed by atoms with E-state index in [2.05, 4.69) is 4.85 Å². The minimum absolute atomic E-state index is 0.105. The van der Waals surface area contributed by atoms with E-state index in [9.17, 15) is 13.2 Å². The molecule has 0 saturated heterocycles. The molecule has 0 radical (unpaired) electrons. The lowest BCUT2D eigenvalue weighted by Crippen LogP contribution is -2.12. The second-order valence-corrected chi connectivity index (χ2v) is 20.0. The topological polar surface area (TPSA) is 91.6 Å². The lowest BCUT2D eigenvalue weighted by molar-refractivity contribution is -0.142. The zero-order valence-corrected chi connectivity index (χ0v) is 43.8. The van der Waals surface area contributed by atoms with Gasteiger partial charge in [0.25, 0.3) is 0 Å². The van der Waals surface area contributed by atoms with Crippen LogP contribution in [-0.4, -0.2) is 39.0 Å². The number of hydrogen-bond acceptors (Lipinski definition) is 6. The zero-order valence-electron chi connectivity index (χ0n) is 43.8. The lowest BCUT2D eigenvalue weighted by Gasteiger charge is -2.22. The molecule has 14 rings (SSSR count). The predicted molar refractivity (Wildman–Crippen MR) is 316 cm³/mol. The average molecular weight is 1110 g/mol. The maximum atomic E-state index is 15.4. The molecule has 0 bridgehead atoms. The number of fused-ring (bicyclic) bond motifs is 6. The Balaban J connectivity index is 1.08. The van der Waals surface area contributed by atoms with E-state index in [1.807, 2.05) is 215 Å². The molecule has 4 heterocycles. The molecular formula is C69H39F6N9. The Morgan fingerprint density at radius 1 is 0.310 bits per heavy atom. The SMILES string of the molecule is [C-]#[N+]c1cc(-n2c3ccccc3c3ccc(-c4nc(-c5ccccc5)nc(-c5ccccc5)n4)cc32)c(-n2c3ccccc3c3ccc(-c4nc(-c5ccccc5)nc(-c5ccccc5)n4)cc32)cc1-c1ccc(C(F)(F)F)cc1C(F)(F)F. The fraction of sp³-hybridized carbons (Fsp3) is 0.0290. The maximum Gasteiger partial charge on any atom is 0.416 e. The lowest BCUT2D eigenvalue weighted by atomic mass is 9.94. The van der Waals surface area contributed by atoms with Crippen molar-refractivity contribution in [2.75, 3.05) is 0 Å². The normalized spacial score (nSPS) is 11.9. The molecule has 0 spiro atoms. The second kappa shape index (κ2) is 20.2. The van der Waals surface area contributed by atoms with Crippen LogP contribution >= 0.6 is 0 Å². The first-order valence-corrected chi connectivity index (χ1v) is 26.5. The molecule has 10 aromatic carbocycles. The Labute approximate surface area is 475 Å². The highest BCUT2D eigenvalue weighted by Crippen LogP contribution is 2.48. The van der Waals surface area contributed by atoms with Gasteiger partial charge in [0, 0.05) is 54.9 Å². The predicted octanol–water partition coefficient (Wildman–Crippen LogP) is 18.5. The first-order valence-electron chi connectivity index (χ1n) is 26.5. The number of halogens is 6. The largest absolute Gasteiger partial charge is 0.416 e. The van der Waals surface area contributed by atoms with Crippen LogP contribution in [0.15, 0.2) is 237 Å². The molecule has 402 valence electrons. The van der Waals surface area contributed by atoms with E-state index < -0.39 is 29.0 Å². The molecule has 0 aliphatic rings. The molecule has 15 heteroatoms. The van der Waals surface area contributed by atoms with Crippen molar-refractivity contribution < 1.29 is 26.3 Å². The summed E-state index contributed by atoms with van der Waals surface area (Å²) in [6.07, 6.45) is -10.4. The quantitative estimate of drug-likeness (QED) is 0.106. The van der Waals surface area contributed by atoms with Crippen LogP contribution in [0.3, 0.4) is 0 Å². The van der Waals surface area contributed by atoms with Gasteiger partial charge in [-0.3, -0.25) is 0 Å². The number of para-hydroxylation sites is 2. The Hall–Kier alpha value is -11.1. The van der Waals surface area contributed by atoms with Crippen LogP contribution in [0.25, 0.3) is 139 Å². The van der Waals surface area contributed by atoms with Crippen molar-refractivity contribution in [3.05, 3.63) is 259 Å². The molecule has 0 N–H and O–H groups in total. The van der Waals surface area contributed by atoms with Gasteiger partial charge in [-0.1, -0.05) is 188 Å². The summed E-state index contributed by atoms with van der Waals surface area (Å²) < 4.78 is 93.0. The summed E-state index contributed by atoms with van der Waals surface area (Å²) >= 11 is 0. The molecule has 84 heavy (non-hydrogen) atoms. The van der Waals surface area contributed by atoms with Crippen LogP contribution in [0, 0.1) is 6.57 Å². The van der Waals surface area contributed by atoms with Crippen molar-refractivity contribution in [2.45, 2.75) is 12.4 Å². The average Bonchev–Trinajstić information content (AvgIpc) is 1.72. The van der Waals surface area contributed by atoms with Gasteiger partial charge in [-0.05, 0) is 59.7 Å². The van der Waals surface area contributed by atoms with E-state index >= 15 is 13.2 Å². The highest BCUT2D eigenvalue weighted by molar-refractivity contribution is 6.13. The third-order valence-corrected chi connectivity index (χ3v) is 14.9. The summed E-state index contributed by atoms with van der Waals surface area (Å²) in [5.41, 5.74) is 3.29. The molecule has 14 aromatic rings. The number of rotatable bonds is 9. The van der Waals surface area contributed by atoms with Crippen LogP contribution in [0.2, 0.25) is 0 Å². The van der Waals surface area contributed by atoms with Gasteiger partial charge in [0.2, 0.25) is 0 Å². The van der Waals surface area contributed by atoms with Gasteiger partial charge in [0.1, 0.15) is 0 Å². The van der Waals surface area contributed by atoms with Crippen molar-refractivity contribution >= 4 is 49.3 Å². The minimum Gasteiger partial charge on any atom is -0.308 e. The Morgan fingerprint density at radius 2 is 0.667 bits per heavy atom. The minimum atomic E-state index is -5.27. The van der Waals surface area contributed by atoms with Crippen LogP contribution in [-0.2, 0) is 12.4 Å². The van der Waals surface area contributed by atoms with Crippen LogP contribution in [0.1, 0.15) is 11.1 Å². The molecule has 0 aliphatic carbocycles. The molecular weight excluding hydrogens is 1070 g/mol.